The summed E-state index contributed by atoms with van der Waals surface area (Å²) in [7, 11) is 1.81. The molecule has 2 N–H and O–H groups in total. The SMILES string of the molecule is COC1CCOC2(CCN(CCCN)C2)C1. The van der Waals surface area contributed by atoms with Gasteiger partial charge in [-0.15, -0.1) is 0 Å². The summed E-state index contributed by atoms with van der Waals surface area (Å²) in [4.78, 5) is 2.48. The topological polar surface area (TPSA) is 47.7 Å². The Bertz CT molecular complexity index is 225. The minimum absolute atomic E-state index is 0.0769. The number of ether oxygens (including phenoxy) is 2. The first kappa shape index (κ1) is 12.3. The minimum atomic E-state index is 0.0769. The molecule has 0 saturated carbocycles. The van der Waals surface area contributed by atoms with Crippen molar-refractivity contribution in [3.05, 3.63) is 0 Å². The van der Waals surface area contributed by atoms with Crippen LogP contribution in [0.2, 0.25) is 0 Å². The van der Waals surface area contributed by atoms with Crippen LogP contribution in [0.25, 0.3) is 0 Å². The second-order valence-corrected chi connectivity index (χ2v) is 5.05. The van der Waals surface area contributed by atoms with Gasteiger partial charge in [-0.2, -0.15) is 0 Å². The summed E-state index contributed by atoms with van der Waals surface area (Å²) in [6.45, 7) is 4.96. The Morgan fingerprint density at radius 2 is 2.44 bits per heavy atom. The molecule has 2 unspecified atom stereocenters. The predicted octanol–water partition coefficient (Wildman–Crippen LogP) is 0.605. The van der Waals surface area contributed by atoms with Gasteiger partial charge < -0.3 is 20.1 Å². The molecule has 0 aromatic heterocycles. The number of nitrogens with zero attached hydrogens (tertiary/aromatic N) is 1. The molecule has 2 fully saturated rings. The Morgan fingerprint density at radius 1 is 1.56 bits per heavy atom. The van der Waals surface area contributed by atoms with E-state index in [1.807, 2.05) is 7.11 Å². The van der Waals surface area contributed by atoms with Crippen molar-refractivity contribution in [2.24, 2.45) is 5.73 Å². The Morgan fingerprint density at radius 3 is 3.19 bits per heavy atom. The van der Waals surface area contributed by atoms with Crippen LogP contribution in [0, 0.1) is 0 Å². The zero-order valence-electron chi connectivity index (χ0n) is 10.3. The maximum atomic E-state index is 6.02. The molecule has 0 bridgehead atoms. The van der Waals surface area contributed by atoms with Gasteiger partial charge in [0.05, 0.1) is 11.7 Å². The fraction of sp³-hybridized carbons (Fsp3) is 1.00. The number of nitrogens with two attached hydrogens (primary N) is 1. The van der Waals surface area contributed by atoms with Crippen molar-refractivity contribution < 1.29 is 9.47 Å². The van der Waals surface area contributed by atoms with E-state index in [0.29, 0.717) is 6.10 Å². The van der Waals surface area contributed by atoms with Crippen LogP contribution in [-0.4, -0.2) is 56.5 Å². The zero-order chi connectivity index (χ0) is 11.4. The normalized spacial score (nSPS) is 36.0. The highest BCUT2D eigenvalue weighted by Gasteiger charge is 2.42. The Kier molecular flexibility index (Phi) is 4.19. The molecule has 2 aliphatic rings. The second kappa shape index (κ2) is 5.45. The van der Waals surface area contributed by atoms with Gasteiger partial charge in [0.15, 0.2) is 0 Å². The van der Waals surface area contributed by atoms with E-state index >= 15 is 0 Å². The Hall–Kier alpha value is -0.160. The minimum Gasteiger partial charge on any atom is -0.381 e. The summed E-state index contributed by atoms with van der Waals surface area (Å²) in [6.07, 6.45) is 4.73. The van der Waals surface area contributed by atoms with E-state index in [0.717, 1.165) is 58.5 Å². The highest BCUT2D eigenvalue weighted by molar-refractivity contribution is 4.95. The lowest BCUT2D eigenvalue weighted by Gasteiger charge is -2.37. The number of likely N-dealkylation sites (tertiary alicyclic amines) is 1. The quantitative estimate of drug-likeness (QED) is 0.765. The summed E-state index contributed by atoms with van der Waals surface area (Å²) in [5.74, 6) is 0. The molecule has 0 amide bonds. The number of rotatable bonds is 4. The van der Waals surface area contributed by atoms with Crippen molar-refractivity contribution in [2.45, 2.75) is 37.4 Å². The van der Waals surface area contributed by atoms with Crippen LogP contribution in [0.3, 0.4) is 0 Å². The molecule has 4 heteroatoms. The fourth-order valence-electron chi connectivity index (χ4n) is 2.90. The van der Waals surface area contributed by atoms with E-state index in [4.69, 9.17) is 15.2 Å². The molecular weight excluding hydrogens is 204 g/mol. The maximum Gasteiger partial charge on any atom is 0.0845 e. The summed E-state index contributed by atoms with van der Waals surface area (Å²) in [6, 6.07) is 0. The van der Waals surface area contributed by atoms with Crippen LogP contribution in [0.15, 0.2) is 0 Å². The van der Waals surface area contributed by atoms with E-state index in [1.54, 1.807) is 0 Å². The van der Waals surface area contributed by atoms with Crippen LogP contribution in [0.4, 0.5) is 0 Å². The number of methoxy groups -OCH3 is 1. The summed E-state index contributed by atoms with van der Waals surface area (Å²) in [5.41, 5.74) is 5.62. The van der Waals surface area contributed by atoms with Gasteiger partial charge in [0.2, 0.25) is 0 Å². The largest absolute Gasteiger partial charge is 0.381 e. The first-order valence-corrected chi connectivity index (χ1v) is 6.37. The molecule has 2 atom stereocenters. The van der Waals surface area contributed by atoms with E-state index in [9.17, 15) is 0 Å². The summed E-state index contributed by atoms with van der Waals surface area (Å²) >= 11 is 0. The van der Waals surface area contributed by atoms with Crippen molar-refractivity contribution in [1.82, 2.24) is 4.90 Å². The lowest BCUT2D eigenvalue weighted by Crippen LogP contribution is -2.44. The second-order valence-electron chi connectivity index (χ2n) is 5.05. The summed E-state index contributed by atoms with van der Waals surface area (Å²) in [5, 5.41) is 0. The van der Waals surface area contributed by atoms with Gasteiger partial charge in [0, 0.05) is 33.2 Å². The molecule has 2 heterocycles. The monoisotopic (exact) mass is 228 g/mol. The van der Waals surface area contributed by atoms with Gasteiger partial charge >= 0.3 is 0 Å². The third-order valence-electron chi connectivity index (χ3n) is 3.85. The average Bonchev–Trinajstić information content (AvgIpc) is 2.69. The van der Waals surface area contributed by atoms with Gasteiger partial charge in [-0.25, -0.2) is 0 Å². The van der Waals surface area contributed by atoms with Gasteiger partial charge in [-0.05, 0) is 32.4 Å². The van der Waals surface area contributed by atoms with Gasteiger partial charge in [-0.3, -0.25) is 0 Å². The van der Waals surface area contributed by atoms with Gasteiger partial charge in [-0.1, -0.05) is 0 Å². The molecule has 0 aliphatic carbocycles. The van der Waals surface area contributed by atoms with Crippen LogP contribution in [0.1, 0.15) is 25.7 Å². The predicted molar refractivity (Wildman–Crippen MR) is 63.4 cm³/mol. The van der Waals surface area contributed by atoms with E-state index < -0.39 is 0 Å². The molecule has 2 saturated heterocycles. The fourth-order valence-corrected chi connectivity index (χ4v) is 2.90. The van der Waals surface area contributed by atoms with Crippen molar-refractivity contribution in [3.63, 3.8) is 0 Å². The van der Waals surface area contributed by atoms with E-state index in [-0.39, 0.29) is 5.60 Å². The third kappa shape index (κ3) is 2.74. The molecule has 0 aromatic carbocycles. The Balaban J connectivity index is 1.85. The number of hydrogen-bond acceptors (Lipinski definition) is 4. The van der Waals surface area contributed by atoms with Gasteiger partial charge in [0.25, 0.3) is 0 Å². The molecule has 16 heavy (non-hydrogen) atoms. The molecule has 2 aliphatic heterocycles. The lowest BCUT2D eigenvalue weighted by molar-refractivity contribution is -0.119. The van der Waals surface area contributed by atoms with Crippen molar-refractivity contribution in [3.8, 4) is 0 Å². The first-order valence-electron chi connectivity index (χ1n) is 6.37. The smallest absolute Gasteiger partial charge is 0.0845 e. The molecule has 2 rings (SSSR count). The van der Waals surface area contributed by atoms with Crippen molar-refractivity contribution in [2.75, 3.05) is 39.9 Å². The first-order chi connectivity index (χ1) is 7.78. The highest BCUT2D eigenvalue weighted by atomic mass is 16.5. The van der Waals surface area contributed by atoms with Gasteiger partial charge in [0.1, 0.15) is 0 Å². The molecule has 4 nitrogen and oxygen atoms in total. The van der Waals surface area contributed by atoms with E-state index in [2.05, 4.69) is 4.90 Å². The lowest BCUT2D eigenvalue weighted by atomic mass is 9.91. The van der Waals surface area contributed by atoms with Crippen LogP contribution < -0.4 is 5.73 Å². The average molecular weight is 228 g/mol. The van der Waals surface area contributed by atoms with Crippen LogP contribution in [0.5, 0.6) is 0 Å². The van der Waals surface area contributed by atoms with Crippen LogP contribution in [-0.2, 0) is 9.47 Å². The molecule has 0 aromatic rings. The summed E-state index contributed by atoms with van der Waals surface area (Å²) < 4.78 is 11.5. The Labute approximate surface area is 98.1 Å². The van der Waals surface area contributed by atoms with Crippen molar-refractivity contribution >= 4 is 0 Å². The molecule has 1 spiro atoms. The maximum absolute atomic E-state index is 6.02. The standard InChI is InChI=1S/C12H24N2O2/c1-15-11-3-8-16-12(9-11)4-7-14(10-12)6-2-5-13/h11H,2-10,13H2,1H3. The van der Waals surface area contributed by atoms with Crippen LogP contribution >= 0.6 is 0 Å². The molecule has 94 valence electrons. The highest BCUT2D eigenvalue weighted by Crippen LogP contribution is 2.34. The third-order valence-corrected chi connectivity index (χ3v) is 3.85. The van der Waals surface area contributed by atoms with E-state index in [1.165, 1.54) is 0 Å². The zero-order valence-corrected chi connectivity index (χ0v) is 10.3. The number of hydrogen-bond donors (Lipinski definition) is 1. The van der Waals surface area contributed by atoms with Crippen molar-refractivity contribution in [1.29, 1.82) is 0 Å². The molecular formula is C12H24N2O2. The molecule has 0 radical (unpaired) electrons.